The van der Waals surface area contributed by atoms with Crippen LogP contribution in [-0.2, 0) is 28.0 Å². The van der Waals surface area contributed by atoms with E-state index < -0.39 is 47.3 Å². The highest BCUT2D eigenvalue weighted by atomic mass is 127. The smallest absolute Gasteiger partial charge is 0.242 e. The molecule has 1 saturated heterocycles. The van der Waals surface area contributed by atoms with Crippen molar-refractivity contribution in [1.29, 1.82) is 0 Å². The first-order valence-electron chi connectivity index (χ1n) is 16.3. The van der Waals surface area contributed by atoms with Gasteiger partial charge in [-0.3, -0.25) is 0 Å². The van der Waals surface area contributed by atoms with Gasteiger partial charge in [-0.15, -0.1) is 0 Å². The van der Waals surface area contributed by atoms with Crippen LogP contribution in [0.1, 0.15) is 62.3 Å². The van der Waals surface area contributed by atoms with Crippen molar-refractivity contribution in [3.05, 3.63) is 30.3 Å². The van der Waals surface area contributed by atoms with E-state index in [9.17, 15) is 8.42 Å². The van der Waals surface area contributed by atoms with E-state index in [-0.39, 0.29) is 21.0 Å². The molecule has 0 amide bonds. The number of ether oxygens (including phenoxy) is 1. The second-order valence-electron chi connectivity index (χ2n) is 11.7. The van der Waals surface area contributed by atoms with Crippen molar-refractivity contribution < 1.29 is 26.4 Å². The Labute approximate surface area is 274 Å². The molecule has 1 heterocycles. The minimum absolute atomic E-state index is 0.226. The molecule has 244 valence electrons. The standard InChI is InChI=1S/C30H58INO6SSi3/c1-10-40(11-2,12-3)35-24-26-28(37-41(13-4,14-5)15-6)29(38-42(16-7,17-8)18-9)27(31)30(36-26)32-39(33,34)25-22-20-19-21-23-25/h19-23,26-30,32H,10-18,24H2,1-9H3/t26-,27+,28-,29-,30+/m1/s1. The Bertz CT molecular complexity index is 1000. The molecule has 0 spiro atoms. The van der Waals surface area contributed by atoms with Gasteiger partial charge < -0.3 is 18.0 Å². The average Bonchev–Trinajstić information content (AvgIpc) is 3.03. The summed E-state index contributed by atoms with van der Waals surface area (Å²) in [5.74, 6) is 0. The fraction of sp³-hybridized carbons (Fsp3) is 0.800. The molecule has 2 rings (SSSR count). The SMILES string of the molecule is CC[Si](CC)(CC)OC[C@H]1O[C@H](NS(=O)(=O)c2ccccc2)[C@@H](I)[C@@H](O[Si](CC)(CC)CC)[C@@H]1O[Si](CC)(CC)CC. The van der Waals surface area contributed by atoms with Crippen LogP contribution in [0.5, 0.6) is 0 Å². The van der Waals surface area contributed by atoms with Crippen LogP contribution in [0.2, 0.25) is 54.4 Å². The van der Waals surface area contributed by atoms with Gasteiger partial charge in [0.25, 0.3) is 0 Å². The molecule has 1 fully saturated rings. The van der Waals surface area contributed by atoms with Gasteiger partial charge in [0.1, 0.15) is 12.3 Å². The summed E-state index contributed by atoms with van der Waals surface area (Å²) in [5.41, 5.74) is 0. The predicted octanol–water partition coefficient (Wildman–Crippen LogP) is 8.30. The Morgan fingerprint density at radius 3 is 1.57 bits per heavy atom. The van der Waals surface area contributed by atoms with Gasteiger partial charge in [-0.2, -0.15) is 4.72 Å². The monoisotopic (exact) mass is 771 g/mol. The highest BCUT2D eigenvalue weighted by Gasteiger charge is 2.52. The number of sulfonamides is 1. The van der Waals surface area contributed by atoms with E-state index in [1.165, 1.54) is 0 Å². The molecule has 1 aromatic carbocycles. The van der Waals surface area contributed by atoms with Crippen LogP contribution in [0.4, 0.5) is 0 Å². The van der Waals surface area contributed by atoms with Crippen LogP contribution in [0.15, 0.2) is 35.2 Å². The minimum atomic E-state index is -3.81. The van der Waals surface area contributed by atoms with Gasteiger partial charge in [0.2, 0.25) is 10.0 Å². The van der Waals surface area contributed by atoms with E-state index in [1.807, 2.05) is 6.07 Å². The Kier molecular flexibility index (Phi) is 15.9. The summed E-state index contributed by atoms with van der Waals surface area (Å²) in [6, 6.07) is 17.7. The zero-order valence-corrected chi connectivity index (χ0v) is 33.6. The zero-order valence-electron chi connectivity index (χ0n) is 27.6. The number of benzene rings is 1. The topological polar surface area (TPSA) is 83.1 Å². The van der Waals surface area contributed by atoms with Crippen molar-refractivity contribution in [2.45, 2.75) is 150 Å². The average molecular weight is 772 g/mol. The fourth-order valence-electron chi connectivity index (χ4n) is 6.12. The normalized spacial score (nSPS) is 24.2. The van der Waals surface area contributed by atoms with E-state index in [1.54, 1.807) is 24.3 Å². The molecule has 1 aliphatic rings. The Balaban J connectivity index is 2.63. The molecular weight excluding hydrogens is 714 g/mol. The van der Waals surface area contributed by atoms with Gasteiger partial charge in [-0.1, -0.05) is 103 Å². The van der Waals surface area contributed by atoms with Crippen LogP contribution >= 0.6 is 22.6 Å². The summed E-state index contributed by atoms with van der Waals surface area (Å²) in [5, 5.41) is 0. The van der Waals surface area contributed by atoms with Crippen molar-refractivity contribution in [2.24, 2.45) is 0 Å². The Morgan fingerprint density at radius 2 is 1.14 bits per heavy atom. The molecule has 5 atom stereocenters. The van der Waals surface area contributed by atoms with Gasteiger partial charge in [0.15, 0.2) is 25.0 Å². The summed E-state index contributed by atoms with van der Waals surface area (Å²) < 4.78 is 57.9. The Morgan fingerprint density at radius 1 is 0.714 bits per heavy atom. The molecule has 1 aromatic rings. The number of halogens is 1. The largest absolute Gasteiger partial charge is 0.414 e. The van der Waals surface area contributed by atoms with Gasteiger partial charge >= 0.3 is 0 Å². The summed E-state index contributed by atoms with van der Waals surface area (Å²) in [6.07, 6.45) is -1.83. The van der Waals surface area contributed by atoms with Crippen molar-refractivity contribution in [2.75, 3.05) is 6.61 Å². The molecule has 0 aliphatic carbocycles. The maximum Gasteiger partial charge on any atom is 0.242 e. The lowest BCUT2D eigenvalue weighted by molar-refractivity contribution is -0.164. The van der Waals surface area contributed by atoms with Crippen LogP contribution in [0.3, 0.4) is 0 Å². The lowest BCUT2D eigenvalue weighted by Gasteiger charge is -2.50. The third-order valence-corrected chi connectivity index (χ3v) is 26.8. The maximum atomic E-state index is 13.5. The second kappa shape index (κ2) is 17.3. The molecule has 0 aromatic heterocycles. The molecule has 1 N–H and O–H groups in total. The van der Waals surface area contributed by atoms with Crippen LogP contribution in [0.25, 0.3) is 0 Å². The predicted molar refractivity (Wildman–Crippen MR) is 191 cm³/mol. The van der Waals surface area contributed by atoms with Gasteiger partial charge in [-0.05, 0) is 66.5 Å². The molecule has 0 radical (unpaired) electrons. The van der Waals surface area contributed by atoms with Crippen molar-refractivity contribution in [3.63, 3.8) is 0 Å². The molecule has 7 nitrogen and oxygen atoms in total. The molecule has 0 saturated carbocycles. The highest BCUT2D eigenvalue weighted by molar-refractivity contribution is 14.1. The molecule has 1 aliphatic heterocycles. The number of rotatable bonds is 19. The number of hydrogen-bond donors (Lipinski definition) is 1. The van der Waals surface area contributed by atoms with E-state index in [0.717, 1.165) is 54.4 Å². The quantitative estimate of drug-likeness (QED) is 0.0867. The molecule has 0 bridgehead atoms. The van der Waals surface area contributed by atoms with Gasteiger partial charge in [0, 0.05) is 0 Å². The van der Waals surface area contributed by atoms with E-state index >= 15 is 0 Å². The van der Waals surface area contributed by atoms with Crippen LogP contribution in [-0.4, -0.2) is 68.4 Å². The van der Waals surface area contributed by atoms with Crippen LogP contribution in [0, 0.1) is 0 Å². The third kappa shape index (κ3) is 9.21. The van der Waals surface area contributed by atoms with E-state index in [4.69, 9.17) is 18.0 Å². The summed E-state index contributed by atoms with van der Waals surface area (Å²) >= 11 is 2.36. The lowest BCUT2D eigenvalue weighted by atomic mass is 10.0. The zero-order chi connectivity index (χ0) is 31.6. The summed E-state index contributed by atoms with van der Waals surface area (Å²) in [4.78, 5) is 0.226. The van der Waals surface area contributed by atoms with Gasteiger partial charge in [0.05, 0.1) is 27.6 Å². The van der Waals surface area contributed by atoms with E-state index in [2.05, 4.69) is 89.6 Å². The van der Waals surface area contributed by atoms with Crippen molar-refractivity contribution in [3.8, 4) is 0 Å². The molecule has 0 unspecified atom stereocenters. The van der Waals surface area contributed by atoms with Crippen molar-refractivity contribution in [1.82, 2.24) is 4.72 Å². The Hall–Kier alpha value is 0.351. The molecule has 42 heavy (non-hydrogen) atoms. The van der Waals surface area contributed by atoms with Crippen molar-refractivity contribution >= 4 is 57.6 Å². The van der Waals surface area contributed by atoms with Gasteiger partial charge in [-0.25, -0.2) is 8.42 Å². The number of hydrogen-bond acceptors (Lipinski definition) is 6. The minimum Gasteiger partial charge on any atom is -0.414 e. The second-order valence-corrected chi connectivity index (χ2v) is 29.1. The highest BCUT2D eigenvalue weighted by Crippen LogP contribution is 2.39. The number of alkyl halides is 1. The maximum absolute atomic E-state index is 13.5. The summed E-state index contributed by atoms with van der Waals surface area (Å²) in [7, 11) is -9.92. The van der Waals surface area contributed by atoms with Crippen LogP contribution < -0.4 is 4.72 Å². The first-order chi connectivity index (χ1) is 19.9. The first kappa shape index (κ1) is 38.5. The third-order valence-electron chi connectivity index (χ3n) is 10.1. The van der Waals surface area contributed by atoms with E-state index in [0.29, 0.717) is 6.61 Å². The molecular formula is C30H58INO6SSi3. The first-order valence-corrected chi connectivity index (χ1v) is 26.6. The number of nitrogens with one attached hydrogen (secondary N) is 1. The fourth-order valence-corrected chi connectivity index (χ4v) is 17.1. The lowest BCUT2D eigenvalue weighted by Crippen LogP contribution is -2.66. The molecule has 12 heteroatoms. The summed E-state index contributed by atoms with van der Waals surface area (Å²) in [6.45, 7) is 20.5.